The molecule has 1 aliphatic heterocycles. The minimum absolute atomic E-state index is 0.192. The Labute approximate surface area is 179 Å². The van der Waals surface area contributed by atoms with Crippen LogP contribution in [0.25, 0.3) is 0 Å². The van der Waals surface area contributed by atoms with Crippen LogP contribution in [0.3, 0.4) is 0 Å². The maximum absolute atomic E-state index is 10.1. The molecule has 1 aliphatic rings. The van der Waals surface area contributed by atoms with Crippen LogP contribution >= 0.6 is 0 Å². The predicted molar refractivity (Wildman–Crippen MR) is 118 cm³/mol. The van der Waals surface area contributed by atoms with Crippen molar-refractivity contribution < 1.29 is 24.8 Å². The van der Waals surface area contributed by atoms with E-state index in [9.17, 15) is 10.2 Å². The molecule has 0 bridgehead atoms. The Kier molecular flexibility index (Phi) is 17.2. The summed E-state index contributed by atoms with van der Waals surface area (Å²) < 4.78 is 11.2. The van der Waals surface area contributed by atoms with Gasteiger partial charge < -0.3 is 24.8 Å². The van der Waals surface area contributed by atoms with Gasteiger partial charge in [0.15, 0.2) is 6.29 Å². The van der Waals surface area contributed by atoms with Crippen molar-refractivity contribution in [1.29, 1.82) is 0 Å². The summed E-state index contributed by atoms with van der Waals surface area (Å²) in [6.45, 7) is 2.53. The third kappa shape index (κ3) is 14.4. The first kappa shape index (κ1) is 26.8. The molecule has 0 aromatic rings. The molecule has 174 valence electrons. The highest BCUT2D eigenvalue weighted by Crippen LogP contribution is 2.21. The lowest BCUT2D eigenvalue weighted by Gasteiger charge is -2.32. The number of ether oxygens (including phenoxy) is 2. The zero-order chi connectivity index (χ0) is 21.2. The van der Waals surface area contributed by atoms with Gasteiger partial charge in [0.25, 0.3) is 0 Å². The third-order valence-corrected chi connectivity index (χ3v) is 6.03. The van der Waals surface area contributed by atoms with Crippen LogP contribution in [0.1, 0.15) is 116 Å². The number of unbranched alkanes of at least 4 members (excludes halogenated alkanes) is 12. The first-order chi connectivity index (χ1) is 14.2. The molecule has 1 fully saturated rings. The Morgan fingerprint density at radius 3 is 1.93 bits per heavy atom. The lowest BCUT2D eigenvalue weighted by atomic mass is 10.0. The van der Waals surface area contributed by atoms with E-state index in [2.05, 4.69) is 6.92 Å². The van der Waals surface area contributed by atoms with Gasteiger partial charge in [-0.2, -0.15) is 0 Å². The number of rotatable bonds is 19. The number of aliphatic hydroxyl groups excluding tert-OH is 3. The summed E-state index contributed by atoms with van der Waals surface area (Å²) in [5.74, 6) is 0. The van der Waals surface area contributed by atoms with Crippen LogP contribution in [0, 0.1) is 0 Å². The van der Waals surface area contributed by atoms with Gasteiger partial charge in [-0.15, -0.1) is 0 Å². The van der Waals surface area contributed by atoms with Crippen molar-refractivity contribution in [3.8, 4) is 0 Å². The second-order valence-electron chi connectivity index (χ2n) is 8.78. The number of aliphatic hydroxyl groups is 3. The first-order valence-corrected chi connectivity index (χ1v) is 12.4. The molecule has 0 aliphatic carbocycles. The fourth-order valence-corrected chi connectivity index (χ4v) is 4.01. The molecule has 1 saturated heterocycles. The molecular weight excluding hydrogens is 368 g/mol. The van der Waals surface area contributed by atoms with E-state index < -0.39 is 12.2 Å². The molecule has 3 N–H and O–H groups in total. The van der Waals surface area contributed by atoms with Crippen molar-refractivity contribution >= 4 is 0 Å². The van der Waals surface area contributed by atoms with Crippen LogP contribution in [0.15, 0.2) is 0 Å². The largest absolute Gasteiger partial charge is 0.394 e. The minimum atomic E-state index is -0.610. The van der Waals surface area contributed by atoms with Crippen LogP contribution in [0.5, 0.6) is 0 Å². The molecule has 4 atom stereocenters. The Hall–Kier alpha value is -0.200. The first-order valence-electron chi connectivity index (χ1n) is 12.4. The molecule has 5 nitrogen and oxygen atoms in total. The highest BCUT2D eigenvalue weighted by Gasteiger charge is 2.29. The fraction of sp³-hybridized carbons (Fsp3) is 1.00. The van der Waals surface area contributed by atoms with Crippen LogP contribution < -0.4 is 0 Å². The van der Waals surface area contributed by atoms with Gasteiger partial charge in [-0.05, 0) is 19.3 Å². The quantitative estimate of drug-likeness (QED) is 0.256. The van der Waals surface area contributed by atoms with E-state index in [1.165, 1.54) is 77.0 Å². The van der Waals surface area contributed by atoms with Gasteiger partial charge in [-0.25, -0.2) is 0 Å². The molecular formula is C24H48O5. The molecule has 29 heavy (non-hydrogen) atoms. The number of hydrogen-bond acceptors (Lipinski definition) is 5. The monoisotopic (exact) mass is 416 g/mol. The van der Waals surface area contributed by atoms with E-state index in [1.807, 2.05) is 0 Å². The second-order valence-corrected chi connectivity index (χ2v) is 8.78. The van der Waals surface area contributed by atoms with Crippen molar-refractivity contribution in [2.75, 3.05) is 13.2 Å². The lowest BCUT2D eigenvalue weighted by molar-refractivity contribution is -0.230. The van der Waals surface area contributed by atoms with Gasteiger partial charge in [0.1, 0.15) is 6.10 Å². The fourth-order valence-electron chi connectivity index (χ4n) is 4.01. The van der Waals surface area contributed by atoms with Crippen LogP contribution in [-0.2, 0) is 9.47 Å². The summed E-state index contributed by atoms with van der Waals surface area (Å²) in [6, 6.07) is 0. The van der Waals surface area contributed by atoms with E-state index >= 15 is 0 Å². The summed E-state index contributed by atoms with van der Waals surface area (Å²) in [6.07, 6.45) is 18.2. The molecule has 0 amide bonds. The Morgan fingerprint density at radius 1 is 0.828 bits per heavy atom. The molecule has 1 heterocycles. The van der Waals surface area contributed by atoms with E-state index in [4.69, 9.17) is 14.6 Å². The highest BCUT2D eigenvalue weighted by atomic mass is 16.7. The summed E-state index contributed by atoms with van der Waals surface area (Å²) >= 11 is 0. The topological polar surface area (TPSA) is 79.2 Å². The molecule has 1 rings (SSSR count). The molecule has 3 unspecified atom stereocenters. The van der Waals surface area contributed by atoms with E-state index in [0.717, 1.165) is 12.8 Å². The van der Waals surface area contributed by atoms with Gasteiger partial charge in [-0.1, -0.05) is 90.4 Å². The normalized spacial score (nSPS) is 23.4. The third-order valence-electron chi connectivity index (χ3n) is 6.03. The summed E-state index contributed by atoms with van der Waals surface area (Å²) in [5.41, 5.74) is 0. The molecule has 0 spiro atoms. The van der Waals surface area contributed by atoms with Gasteiger partial charge in [0.05, 0.1) is 25.4 Å². The summed E-state index contributed by atoms with van der Waals surface area (Å²) in [5, 5.41) is 28.9. The van der Waals surface area contributed by atoms with Crippen molar-refractivity contribution in [3.63, 3.8) is 0 Å². The van der Waals surface area contributed by atoms with Gasteiger partial charge in [0.2, 0.25) is 0 Å². The van der Waals surface area contributed by atoms with Crippen molar-refractivity contribution in [1.82, 2.24) is 0 Å². The average Bonchev–Trinajstić information content (AvgIpc) is 2.72. The van der Waals surface area contributed by atoms with Crippen LogP contribution in [-0.4, -0.2) is 53.1 Å². The van der Waals surface area contributed by atoms with Gasteiger partial charge in [0, 0.05) is 6.42 Å². The maximum Gasteiger partial charge on any atom is 0.158 e. The molecule has 0 radical (unpaired) electrons. The SMILES string of the molecule is CCCCCCCCCCCCCCC[C@@H](O)CCOC1CCC(O)C(CO)O1. The van der Waals surface area contributed by atoms with Crippen LogP contribution in [0.2, 0.25) is 0 Å². The number of hydrogen-bond donors (Lipinski definition) is 3. The van der Waals surface area contributed by atoms with Crippen molar-refractivity contribution in [2.24, 2.45) is 0 Å². The van der Waals surface area contributed by atoms with Crippen molar-refractivity contribution in [2.45, 2.75) is 141 Å². The smallest absolute Gasteiger partial charge is 0.158 e. The van der Waals surface area contributed by atoms with E-state index in [-0.39, 0.29) is 19.0 Å². The van der Waals surface area contributed by atoms with E-state index in [1.54, 1.807) is 0 Å². The molecule has 0 aromatic carbocycles. The minimum Gasteiger partial charge on any atom is -0.394 e. The molecule has 5 heteroatoms. The van der Waals surface area contributed by atoms with Gasteiger partial charge >= 0.3 is 0 Å². The highest BCUT2D eigenvalue weighted by molar-refractivity contribution is 4.74. The zero-order valence-electron chi connectivity index (χ0n) is 18.9. The molecule has 0 saturated carbocycles. The van der Waals surface area contributed by atoms with Gasteiger partial charge in [-0.3, -0.25) is 0 Å². The Bertz CT molecular complexity index is 352. The lowest BCUT2D eigenvalue weighted by Crippen LogP contribution is -2.42. The predicted octanol–water partition coefficient (Wildman–Crippen LogP) is 5.09. The van der Waals surface area contributed by atoms with Crippen LogP contribution in [0.4, 0.5) is 0 Å². The average molecular weight is 417 g/mol. The van der Waals surface area contributed by atoms with Crippen molar-refractivity contribution in [3.05, 3.63) is 0 Å². The molecule has 0 aromatic heterocycles. The maximum atomic E-state index is 10.1. The summed E-state index contributed by atoms with van der Waals surface area (Å²) in [4.78, 5) is 0. The Balaban J connectivity index is 1.83. The second kappa shape index (κ2) is 18.6. The summed E-state index contributed by atoms with van der Waals surface area (Å²) in [7, 11) is 0. The standard InChI is InChI=1S/C24H48O5/c1-2-3-4-5-6-7-8-9-10-11-12-13-14-15-21(26)18-19-28-24-17-16-22(27)23(20-25)29-24/h21-27H,2-20H2,1H3/t21-,22?,23?,24?/m1/s1. The Morgan fingerprint density at radius 2 is 1.38 bits per heavy atom. The van der Waals surface area contributed by atoms with E-state index in [0.29, 0.717) is 25.9 Å². The zero-order valence-corrected chi connectivity index (χ0v) is 18.9.